The highest BCUT2D eigenvalue weighted by Gasteiger charge is 2.17. The van der Waals surface area contributed by atoms with Gasteiger partial charge in [-0.15, -0.1) is 0 Å². The number of carbonyl (C=O) groups is 1. The smallest absolute Gasteiger partial charge is 0.181 e. The molecule has 0 aliphatic rings. The summed E-state index contributed by atoms with van der Waals surface area (Å²) in [6.45, 7) is 1.86. The van der Waals surface area contributed by atoms with Crippen molar-refractivity contribution in [1.82, 2.24) is 40.1 Å². The molecule has 2 N–H and O–H groups in total. The molecule has 170 valence electrons. The van der Waals surface area contributed by atoms with Crippen molar-refractivity contribution in [2.24, 2.45) is 0 Å². The second kappa shape index (κ2) is 8.53. The maximum absolute atomic E-state index is 11.7. The summed E-state index contributed by atoms with van der Waals surface area (Å²) in [5.74, 6) is 0.807. The van der Waals surface area contributed by atoms with Crippen molar-refractivity contribution >= 4 is 27.9 Å². The van der Waals surface area contributed by atoms with Crippen LogP contribution in [0.2, 0.25) is 0 Å². The Kier molecular flexibility index (Phi) is 5.07. The van der Waals surface area contributed by atoms with Crippen LogP contribution in [0.4, 0.5) is 0 Å². The summed E-state index contributed by atoms with van der Waals surface area (Å²) in [6, 6.07) is 11.6. The summed E-state index contributed by atoms with van der Waals surface area (Å²) in [7, 11) is 0. The lowest BCUT2D eigenvalue weighted by Gasteiger charge is -2.03. The summed E-state index contributed by atoms with van der Waals surface area (Å²) < 4.78 is 0. The zero-order valence-electron chi connectivity index (χ0n) is 18.9. The van der Waals surface area contributed by atoms with Crippen molar-refractivity contribution in [2.45, 2.75) is 19.8 Å². The average Bonchev–Trinajstić information content (AvgIpc) is 3.53. The number of Topliss-reactive ketones (excluding diaryl/α,β-unsaturated/α-hetero) is 1. The van der Waals surface area contributed by atoms with E-state index in [2.05, 4.69) is 35.1 Å². The number of H-pyrrole nitrogens is 2. The fourth-order valence-corrected chi connectivity index (χ4v) is 4.03. The molecule has 0 aromatic carbocycles. The highest BCUT2D eigenvalue weighted by molar-refractivity contribution is 5.96. The number of hydrogen-bond acceptors (Lipinski definition) is 7. The minimum Gasteiger partial charge on any atom is -0.335 e. The highest BCUT2D eigenvalue weighted by atomic mass is 16.1. The SMILES string of the molecule is CCC(=O)Cc1ccc(-c2cnc3n[nH]c(-c4nc5c(-c6ccccn6)cncc5[nH]4)c3c2)cn1. The molecule has 35 heavy (non-hydrogen) atoms. The van der Waals surface area contributed by atoms with Crippen LogP contribution in [-0.4, -0.2) is 45.9 Å². The second-order valence-corrected chi connectivity index (χ2v) is 8.18. The van der Waals surface area contributed by atoms with E-state index < -0.39 is 0 Å². The summed E-state index contributed by atoms with van der Waals surface area (Å²) in [5, 5.41) is 8.26. The summed E-state index contributed by atoms with van der Waals surface area (Å²) >= 11 is 0. The van der Waals surface area contributed by atoms with Crippen molar-refractivity contribution in [1.29, 1.82) is 0 Å². The number of nitrogens with one attached hydrogen (secondary N) is 2. The molecule has 6 heterocycles. The van der Waals surface area contributed by atoms with Gasteiger partial charge in [-0.05, 0) is 24.3 Å². The molecular weight excluding hydrogens is 440 g/mol. The maximum atomic E-state index is 11.7. The van der Waals surface area contributed by atoms with Crippen LogP contribution in [0.15, 0.2) is 67.4 Å². The molecule has 0 amide bonds. The summed E-state index contributed by atoms with van der Waals surface area (Å²) in [5.41, 5.74) is 7.12. The lowest BCUT2D eigenvalue weighted by Crippen LogP contribution is -2.02. The first-order valence-corrected chi connectivity index (χ1v) is 11.3. The fraction of sp³-hybridized carbons (Fsp3) is 0.115. The van der Waals surface area contributed by atoms with E-state index in [1.54, 1.807) is 31.0 Å². The van der Waals surface area contributed by atoms with Gasteiger partial charge in [0, 0.05) is 60.0 Å². The molecule has 9 nitrogen and oxygen atoms in total. The first-order valence-electron chi connectivity index (χ1n) is 11.3. The number of imidazole rings is 1. The van der Waals surface area contributed by atoms with Crippen LogP contribution in [-0.2, 0) is 11.2 Å². The molecular formula is C26H20N8O. The number of aromatic nitrogens is 8. The molecule has 0 bridgehead atoms. The van der Waals surface area contributed by atoms with Gasteiger partial charge in [-0.1, -0.05) is 19.1 Å². The highest BCUT2D eigenvalue weighted by Crippen LogP contribution is 2.31. The molecule has 6 aromatic heterocycles. The van der Waals surface area contributed by atoms with Crippen molar-refractivity contribution < 1.29 is 4.79 Å². The number of hydrogen-bond donors (Lipinski definition) is 2. The standard InChI is InChI=1S/C26H20N8O/c1-2-18(35)10-17-7-6-15(11-29-17)16-9-19-24(33-34-25(19)30-12-16)26-31-22-14-27-13-20(23(22)32-26)21-5-3-4-8-28-21/h3-9,11-14H,2,10H2,1H3,(H,31,32)(H,30,33,34). The Morgan fingerprint density at radius 1 is 0.971 bits per heavy atom. The zero-order chi connectivity index (χ0) is 23.8. The summed E-state index contributed by atoms with van der Waals surface area (Å²) in [4.78, 5) is 37.7. The van der Waals surface area contributed by atoms with Gasteiger partial charge in [-0.2, -0.15) is 5.10 Å². The third kappa shape index (κ3) is 3.82. The van der Waals surface area contributed by atoms with Crippen LogP contribution in [0.5, 0.6) is 0 Å². The molecule has 0 unspecified atom stereocenters. The van der Waals surface area contributed by atoms with Gasteiger partial charge in [0.1, 0.15) is 17.0 Å². The molecule has 0 fully saturated rings. The minimum atomic E-state index is 0.170. The molecule has 9 heteroatoms. The molecule has 0 saturated heterocycles. The summed E-state index contributed by atoms with van der Waals surface area (Å²) in [6.07, 6.45) is 9.66. The lowest BCUT2D eigenvalue weighted by molar-refractivity contribution is -0.118. The molecule has 6 rings (SSSR count). The fourth-order valence-electron chi connectivity index (χ4n) is 4.03. The van der Waals surface area contributed by atoms with Crippen LogP contribution in [0.25, 0.3) is 56.0 Å². The molecule has 6 aromatic rings. The average molecular weight is 461 g/mol. The van der Waals surface area contributed by atoms with Crippen LogP contribution in [0.3, 0.4) is 0 Å². The monoisotopic (exact) mass is 460 g/mol. The second-order valence-electron chi connectivity index (χ2n) is 8.18. The largest absolute Gasteiger partial charge is 0.335 e. The quantitative estimate of drug-likeness (QED) is 0.374. The third-order valence-corrected chi connectivity index (χ3v) is 5.91. The van der Waals surface area contributed by atoms with E-state index in [1.807, 2.05) is 43.3 Å². The van der Waals surface area contributed by atoms with Crippen molar-refractivity contribution in [3.63, 3.8) is 0 Å². The number of ketones is 1. The Morgan fingerprint density at radius 3 is 2.69 bits per heavy atom. The van der Waals surface area contributed by atoms with Crippen molar-refractivity contribution in [2.75, 3.05) is 0 Å². The normalized spacial score (nSPS) is 11.3. The van der Waals surface area contributed by atoms with Gasteiger partial charge in [0.15, 0.2) is 11.5 Å². The first kappa shape index (κ1) is 20.8. The maximum Gasteiger partial charge on any atom is 0.181 e. The van der Waals surface area contributed by atoms with Crippen LogP contribution < -0.4 is 0 Å². The van der Waals surface area contributed by atoms with Gasteiger partial charge in [0.25, 0.3) is 0 Å². The minimum absolute atomic E-state index is 0.170. The Morgan fingerprint density at radius 2 is 1.89 bits per heavy atom. The molecule has 0 spiro atoms. The Labute approximate surface area is 199 Å². The first-order chi connectivity index (χ1) is 17.2. The number of pyridine rings is 4. The molecule has 0 saturated carbocycles. The van der Waals surface area contributed by atoms with Gasteiger partial charge < -0.3 is 4.98 Å². The predicted octanol–water partition coefficient (Wildman–Crippen LogP) is 4.54. The van der Waals surface area contributed by atoms with E-state index >= 15 is 0 Å². The number of rotatable bonds is 6. The third-order valence-electron chi connectivity index (χ3n) is 5.91. The van der Waals surface area contributed by atoms with E-state index in [0.717, 1.165) is 50.2 Å². The van der Waals surface area contributed by atoms with Gasteiger partial charge in [-0.25, -0.2) is 9.97 Å². The number of aromatic amines is 2. The van der Waals surface area contributed by atoms with Gasteiger partial charge in [0.05, 0.1) is 22.8 Å². The Balaban J connectivity index is 1.40. The van der Waals surface area contributed by atoms with Crippen LogP contribution in [0, 0.1) is 0 Å². The van der Waals surface area contributed by atoms with Gasteiger partial charge in [0.2, 0.25) is 0 Å². The predicted molar refractivity (Wildman–Crippen MR) is 132 cm³/mol. The number of carbonyl (C=O) groups excluding carboxylic acids is 1. The Hall–Kier alpha value is -4.79. The van der Waals surface area contributed by atoms with Crippen LogP contribution in [0.1, 0.15) is 19.0 Å². The van der Waals surface area contributed by atoms with Gasteiger partial charge in [-0.3, -0.25) is 24.8 Å². The zero-order valence-corrected chi connectivity index (χ0v) is 18.9. The van der Waals surface area contributed by atoms with Crippen molar-refractivity contribution in [3.8, 4) is 33.9 Å². The van der Waals surface area contributed by atoms with E-state index in [9.17, 15) is 4.79 Å². The Bertz CT molecular complexity index is 1670. The topological polar surface area (TPSA) is 126 Å². The number of fused-ring (bicyclic) bond motifs is 2. The molecule has 0 aliphatic heterocycles. The molecule has 0 aliphatic carbocycles. The molecule has 0 atom stereocenters. The van der Waals surface area contributed by atoms with E-state index in [0.29, 0.717) is 24.3 Å². The molecule has 0 radical (unpaired) electrons. The van der Waals surface area contributed by atoms with E-state index in [-0.39, 0.29) is 5.78 Å². The van der Waals surface area contributed by atoms with Gasteiger partial charge >= 0.3 is 0 Å². The van der Waals surface area contributed by atoms with Crippen molar-refractivity contribution in [3.05, 3.63) is 73.1 Å². The van der Waals surface area contributed by atoms with E-state index in [1.165, 1.54) is 0 Å². The lowest BCUT2D eigenvalue weighted by atomic mass is 10.1. The van der Waals surface area contributed by atoms with E-state index in [4.69, 9.17) is 4.98 Å². The van der Waals surface area contributed by atoms with Crippen LogP contribution >= 0.6 is 0 Å². The number of nitrogens with zero attached hydrogens (tertiary/aromatic N) is 6.